The molecule has 6 rings (SSSR count). The summed E-state index contributed by atoms with van der Waals surface area (Å²) < 4.78 is 13.5. The molecule has 2 N–H and O–H groups in total. The number of benzene rings is 2. The number of anilines is 3. The Balaban J connectivity index is 1.32. The third-order valence-corrected chi connectivity index (χ3v) is 10.2. The SMILES string of the molecule is Cn1cc(-c2cccc(NC(=O)N3Cc4ccc(Cl)cc4C3)c2C(C)(C)O[Si]C(C)(C)C)cc(Nc2ccc(C(=O)N3CCOCC3)cn2)c1=O. The molecule has 2 aromatic carbocycles. The minimum atomic E-state index is -0.834. The van der Waals surface area contributed by atoms with E-state index in [-0.39, 0.29) is 32.3 Å². The average Bonchev–Trinajstić information content (AvgIpc) is 3.53. The van der Waals surface area contributed by atoms with E-state index in [9.17, 15) is 14.4 Å². The number of hydrogen-bond acceptors (Lipinski definition) is 7. The molecule has 0 unspecified atom stereocenters. The van der Waals surface area contributed by atoms with Gasteiger partial charge in [-0.15, -0.1) is 0 Å². The maximum atomic E-state index is 13.8. The van der Waals surface area contributed by atoms with Crippen LogP contribution in [0.5, 0.6) is 0 Å². The smallest absolute Gasteiger partial charge is 0.322 e. The summed E-state index contributed by atoms with van der Waals surface area (Å²) in [7, 11) is 1.87. The second-order valence-electron chi connectivity index (χ2n) is 14.4. The molecule has 4 heterocycles. The van der Waals surface area contributed by atoms with Crippen molar-refractivity contribution in [3.8, 4) is 11.1 Å². The third kappa shape index (κ3) is 8.36. The van der Waals surface area contributed by atoms with Crippen LogP contribution in [0.1, 0.15) is 61.7 Å². The lowest BCUT2D eigenvalue weighted by atomic mass is 9.88. The van der Waals surface area contributed by atoms with Crippen molar-refractivity contribution in [1.29, 1.82) is 0 Å². The van der Waals surface area contributed by atoms with Gasteiger partial charge in [0.1, 0.15) is 11.5 Å². The highest BCUT2D eigenvalue weighted by atomic mass is 35.5. The van der Waals surface area contributed by atoms with E-state index in [0.29, 0.717) is 67.2 Å². The molecule has 0 bridgehead atoms. The van der Waals surface area contributed by atoms with E-state index in [0.717, 1.165) is 27.8 Å². The molecule has 0 saturated carbocycles. The fourth-order valence-corrected chi connectivity index (χ4v) is 7.07. The molecule has 1 saturated heterocycles. The number of rotatable bonds is 8. The van der Waals surface area contributed by atoms with Gasteiger partial charge in [-0.05, 0) is 72.0 Å². The normalized spacial score (nSPS) is 14.7. The average molecular weight is 727 g/mol. The van der Waals surface area contributed by atoms with Crippen LogP contribution < -0.4 is 16.2 Å². The Kier molecular flexibility index (Phi) is 10.4. The number of amides is 3. The van der Waals surface area contributed by atoms with Gasteiger partial charge < -0.3 is 34.2 Å². The second-order valence-corrected chi connectivity index (χ2v) is 16.8. The minimum absolute atomic E-state index is 0.0820. The second kappa shape index (κ2) is 14.6. The topological polar surface area (TPSA) is 118 Å². The largest absolute Gasteiger partial charge is 0.408 e. The molecule has 11 nitrogen and oxygen atoms in total. The molecule has 51 heavy (non-hydrogen) atoms. The fourth-order valence-electron chi connectivity index (χ4n) is 6.21. The highest BCUT2D eigenvalue weighted by Gasteiger charge is 2.33. The van der Waals surface area contributed by atoms with E-state index < -0.39 is 5.60 Å². The van der Waals surface area contributed by atoms with Gasteiger partial charge in [0.15, 0.2) is 0 Å². The lowest BCUT2D eigenvalue weighted by Gasteiger charge is -2.33. The van der Waals surface area contributed by atoms with E-state index in [1.807, 2.05) is 50.2 Å². The van der Waals surface area contributed by atoms with Crippen LogP contribution in [0.15, 0.2) is 71.8 Å². The highest BCUT2D eigenvalue weighted by molar-refractivity contribution is 6.32. The van der Waals surface area contributed by atoms with Crippen molar-refractivity contribution in [2.45, 2.75) is 58.3 Å². The summed E-state index contributed by atoms with van der Waals surface area (Å²) in [4.78, 5) is 48.1. The van der Waals surface area contributed by atoms with Crippen LogP contribution in [0.3, 0.4) is 0 Å². The van der Waals surface area contributed by atoms with Crippen molar-refractivity contribution in [2.24, 2.45) is 7.05 Å². The zero-order valence-corrected chi connectivity index (χ0v) is 31.6. The van der Waals surface area contributed by atoms with Crippen molar-refractivity contribution in [1.82, 2.24) is 19.4 Å². The van der Waals surface area contributed by atoms with Crippen LogP contribution in [0, 0.1) is 0 Å². The van der Waals surface area contributed by atoms with Crippen molar-refractivity contribution in [2.75, 3.05) is 36.9 Å². The number of pyridine rings is 2. The summed E-state index contributed by atoms with van der Waals surface area (Å²) in [5.74, 6) is 0.317. The predicted molar refractivity (Wildman–Crippen MR) is 201 cm³/mol. The number of urea groups is 1. The summed E-state index contributed by atoms with van der Waals surface area (Å²) in [6.45, 7) is 13.4. The molecule has 2 aromatic heterocycles. The van der Waals surface area contributed by atoms with Crippen molar-refractivity contribution in [3.63, 3.8) is 0 Å². The fraction of sp³-hybridized carbons (Fsp3) is 0.368. The van der Waals surface area contributed by atoms with Crippen LogP contribution in [0.25, 0.3) is 11.1 Å². The maximum Gasteiger partial charge on any atom is 0.322 e. The number of aryl methyl sites for hydroxylation is 1. The Morgan fingerprint density at radius 2 is 1.69 bits per heavy atom. The first-order valence-electron chi connectivity index (χ1n) is 16.9. The van der Waals surface area contributed by atoms with Gasteiger partial charge in [-0.1, -0.05) is 50.6 Å². The number of aromatic nitrogens is 2. The number of hydrogen-bond donors (Lipinski definition) is 2. The number of halogens is 1. The van der Waals surface area contributed by atoms with Gasteiger partial charge in [-0.3, -0.25) is 9.59 Å². The van der Waals surface area contributed by atoms with E-state index in [2.05, 4.69) is 36.4 Å². The number of morpholine rings is 1. The molecule has 4 aromatic rings. The van der Waals surface area contributed by atoms with E-state index >= 15 is 0 Å². The van der Waals surface area contributed by atoms with Crippen LogP contribution in [-0.2, 0) is 34.9 Å². The maximum absolute atomic E-state index is 13.8. The van der Waals surface area contributed by atoms with Crippen LogP contribution >= 0.6 is 11.6 Å². The van der Waals surface area contributed by atoms with Crippen molar-refractivity contribution in [3.05, 3.63) is 105 Å². The first kappa shape index (κ1) is 36.3. The summed E-state index contributed by atoms with van der Waals surface area (Å²) in [5, 5.41) is 6.90. The lowest BCUT2D eigenvalue weighted by molar-refractivity contribution is 0.0302. The molecule has 2 aliphatic heterocycles. The summed E-state index contributed by atoms with van der Waals surface area (Å²) in [6, 6.07) is 16.4. The Morgan fingerprint density at radius 3 is 2.39 bits per heavy atom. The number of nitrogens with zero attached hydrogens (tertiary/aromatic N) is 4. The Bertz CT molecular complexity index is 2000. The molecule has 13 heteroatoms. The number of carbonyl (C=O) groups is 2. The summed E-state index contributed by atoms with van der Waals surface area (Å²) in [6.07, 6.45) is 3.29. The molecular weight excluding hydrogens is 684 g/mol. The molecule has 1 fully saturated rings. The van der Waals surface area contributed by atoms with Gasteiger partial charge >= 0.3 is 6.03 Å². The van der Waals surface area contributed by atoms with Crippen LogP contribution in [-0.4, -0.2) is 67.4 Å². The van der Waals surface area contributed by atoms with E-state index in [4.69, 9.17) is 20.8 Å². The molecule has 0 aliphatic carbocycles. The zero-order chi connectivity index (χ0) is 36.5. The molecule has 0 spiro atoms. The highest BCUT2D eigenvalue weighted by Crippen LogP contribution is 2.41. The number of nitrogens with one attached hydrogen (secondary N) is 2. The predicted octanol–water partition coefficient (Wildman–Crippen LogP) is 6.95. The van der Waals surface area contributed by atoms with Gasteiger partial charge in [0.2, 0.25) is 9.76 Å². The monoisotopic (exact) mass is 726 g/mol. The number of fused-ring (bicyclic) bond motifs is 1. The summed E-state index contributed by atoms with van der Waals surface area (Å²) >= 11 is 6.23. The molecule has 266 valence electrons. The van der Waals surface area contributed by atoms with Crippen molar-refractivity contribution >= 4 is 50.5 Å². The molecule has 0 atom stereocenters. The standard InChI is InChI=1S/C38H43ClN6O5Si/c1-37(2,3)51-50-38(4,5)33-29(8-7-9-30(33)42-36(48)45-22-25-10-12-28(39)18-26(25)23-45)27-19-31(35(47)43(6)21-27)41-32-13-11-24(20-40-32)34(46)44-14-16-49-17-15-44/h7-13,18-21H,14-17,22-23H2,1-6H3,(H,40,41)(H,42,48). The van der Waals surface area contributed by atoms with E-state index in [1.165, 1.54) is 10.8 Å². The quantitative estimate of drug-likeness (QED) is 0.189. The van der Waals surface area contributed by atoms with Gasteiger partial charge in [-0.25, -0.2) is 9.78 Å². The van der Waals surface area contributed by atoms with Gasteiger partial charge in [-0.2, -0.15) is 0 Å². The minimum Gasteiger partial charge on any atom is -0.408 e. The first-order valence-corrected chi connectivity index (χ1v) is 18.2. The molecule has 2 aliphatic rings. The van der Waals surface area contributed by atoms with Gasteiger partial charge in [0.25, 0.3) is 11.5 Å². The Labute approximate surface area is 305 Å². The molecule has 3 amide bonds. The van der Waals surface area contributed by atoms with Gasteiger partial charge in [0.05, 0.1) is 24.4 Å². The Morgan fingerprint density at radius 1 is 0.941 bits per heavy atom. The van der Waals surface area contributed by atoms with Crippen molar-refractivity contribution < 1.29 is 18.8 Å². The molecule has 2 radical (unpaired) electrons. The molecular formula is C38H43ClN6O5Si. The van der Waals surface area contributed by atoms with Gasteiger partial charge in [0, 0.05) is 67.5 Å². The van der Waals surface area contributed by atoms with E-state index in [1.54, 1.807) is 41.2 Å². The summed E-state index contributed by atoms with van der Waals surface area (Å²) in [5.41, 5.74) is 4.71. The number of ether oxygens (including phenoxy) is 1. The van der Waals surface area contributed by atoms with Crippen LogP contribution in [0.2, 0.25) is 10.1 Å². The third-order valence-electron chi connectivity index (χ3n) is 8.76. The Hall–Kier alpha value is -4.49. The lowest BCUT2D eigenvalue weighted by Crippen LogP contribution is -2.40. The number of carbonyl (C=O) groups excluding carboxylic acids is 2. The van der Waals surface area contributed by atoms with Crippen LogP contribution in [0.4, 0.5) is 22.0 Å². The first-order chi connectivity index (χ1) is 24.2. The zero-order valence-electron chi connectivity index (χ0n) is 29.8.